The van der Waals surface area contributed by atoms with Crippen molar-refractivity contribution in [1.82, 2.24) is 10.2 Å². The maximum Gasteiger partial charge on any atom is 0.338 e. The third-order valence-electron chi connectivity index (χ3n) is 2.92. The number of aryl methyl sites for hydroxylation is 2. The minimum Gasteiger partial charge on any atom is -0.465 e. The van der Waals surface area contributed by atoms with Gasteiger partial charge in [0.15, 0.2) is 0 Å². The van der Waals surface area contributed by atoms with Gasteiger partial charge in [0.25, 0.3) is 10.0 Å². The average molecular weight is 341 g/mol. The van der Waals surface area contributed by atoms with E-state index in [1.54, 1.807) is 13.0 Å². The van der Waals surface area contributed by atoms with Crippen molar-refractivity contribution in [1.29, 1.82) is 0 Å². The fourth-order valence-electron chi connectivity index (χ4n) is 1.71. The van der Waals surface area contributed by atoms with Gasteiger partial charge in [0.1, 0.15) is 5.01 Å². The molecule has 1 aromatic heterocycles. The van der Waals surface area contributed by atoms with Gasteiger partial charge in [0.2, 0.25) is 5.13 Å². The Morgan fingerprint density at radius 2 is 2.09 bits per heavy atom. The molecule has 2 rings (SSSR count). The van der Waals surface area contributed by atoms with Gasteiger partial charge in [-0.15, -0.1) is 10.2 Å². The Balaban J connectivity index is 2.35. The van der Waals surface area contributed by atoms with Crippen molar-refractivity contribution in [2.24, 2.45) is 0 Å². The van der Waals surface area contributed by atoms with E-state index in [9.17, 15) is 13.2 Å². The van der Waals surface area contributed by atoms with Gasteiger partial charge in [-0.05, 0) is 31.0 Å². The van der Waals surface area contributed by atoms with Gasteiger partial charge < -0.3 is 4.74 Å². The number of sulfonamides is 1. The number of benzene rings is 1. The third kappa shape index (κ3) is 3.42. The molecule has 1 N–H and O–H groups in total. The van der Waals surface area contributed by atoms with Gasteiger partial charge >= 0.3 is 5.97 Å². The monoisotopic (exact) mass is 341 g/mol. The molecule has 0 saturated heterocycles. The van der Waals surface area contributed by atoms with Crippen LogP contribution in [0.2, 0.25) is 0 Å². The van der Waals surface area contributed by atoms with E-state index in [4.69, 9.17) is 0 Å². The van der Waals surface area contributed by atoms with Gasteiger partial charge in [-0.2, -0.15) is 0 Å². The summed E-state index contributed by atoms with van der Waals surface area (Å²) in [6.07, 6.45) is 0.677. The highest BCUT2D eigenvalue weighted by Gasteiger charge is 2.20. The number of carbonyl (C=O) groups excluding carboxylic acids is 1. The van der Waals surface area contributed by atoms with Gasteiger partial charge in [0.05, 0.1) is 17.6 Å². The van der Waals surface area contributed by atoms with Crippen LogP contribution in [-0.4, -0.2) is 31.7 Å². The smallest absolute Gasteiger partial charge is 0.338 e. The topological polar surface area (TPSA) is 98.3 Å². The number of rotatable bonds is 5. The highest BCUT2D eigenvalue weighted by molar-refractivity contribution is 7.93. The summed E-state index contributed by atoms with van der Waals surface area (Å²) in [6, 6.07) is 4.26. The summed E-state index contributed by atoms with van der Waals surface area (Å²) in [5, 5.41) is 8.55. The zero-order valence-electron chi connectivity index (χ0n) is 12.3. The lowest BCUT2D eigenvalue weighted by Crippen LogP contribution is -2.14. The summed E-state index contributed by atoms with van der Waals surface area (Å²) in [5.74, 6) is -0.585. The highest BCUT2D eigenvalue weighted by atomic mass is 32.2. The molecule has 0 bridgehead atoms. The van der Waals surface area contributed by atoms with Crippen LogP contribution in [0, 0.1) is 6.92 Å². The number of ether oxygens (including phenoxy) is 1. The Labute approximate surface area is 132 Å². The molecule has 7 nitrogen and oxygen atoms in total. The Morgan fingerprint density at radius 1 is 1.36 bits per heavy atom. The predicted molar refractivity (Wildman–Crippen MR) is 82.6 cm³/mol. The van der Waals surface area contributed by atoms with Gasteiger partial charge in [-0.25, -0.2) is 13.2 Å². The minimum atomic E-state index is -3.84. The number of aromatic nitrogens is 2. The van der Waals surface area contributed by atoms with Crippen LogP contribution in [0.4, 0.5) is 5.13 Å². The zero-order chi connectivity index (χ0) is 16.3. The fraction of sp³-hybridized carbons (Fsp3) is 0.308. The van der Waals surface area contributed by atoms with Crippen molar-refractivity contribution in [3.8, 4) is 0 Å². The van der Waals surface area contributed by atoms with Crippen molar-refractivity contribution in [2.75, 3.05) is 11.8 Å². The standard InChI is InChI=1S/C13H15N3O4S2/c1-4-11-14-15-13(21-11)16-22(18,19)9-6-5-8(2)10(7-9)12(17)20-3/h5-7H,4H2,1-3H3,(H,15,16). The average Bonchev–Trinajstić information content (AvgIpc) is 2.93. The van der Waals surface area contributed by atoms with Crippen molar-refractivity contribution in [2.45, 2.75) is 25.2 Å². The molecule has 9 heteroatoms. The molecule has 0 aliphatic carbocycles. The number of methoxy groups -OCH3 is 1. The van der Waals surface area contributed by atoms with Crippen molar-refractivity contribution in [3.05, 3.63) is 34.3 Å². The molecular formula is C13H15N3O4S2. The summed E-state index contributed by atoms with van der Waals surface area (Å²) in [6.45, 7) is 3.61. The summed E-state index contributed by atoms with van der Waals surface area (Å²) < 4.78 is 31.7. The molecule has 0 saturated carbocycles. The molecule has 0 atom stereocenters. The van der Waals surface area contributed by atoms with Crippen LogP contribution in [-0.2, 0) is 21.2 Å². The molecule has 1 heterocycles. The number of esters is 1. The van der Waals surface area contributed by atoms with Crippen molar-refractivity contribution < 1.29 is 17.9 Å². The number of hydrogen-bond donors (Lipinski definition) is 1. The maximum atomic E-state index is 12.3. The first kappa shape index (κ1) is 16.4. The number of nitrogens with zero attached hydrogens (tertiary/aromatic N) is 2. The van der Waals surface area contributed by atoms with E-state index in [1.165, 1.54) is 30.6 Å². The molecule has 22 heavy (non-hydrogen) atoms. The van der Waals surface area contributed by atoms with Crippen LogP contribution in [0.15, 0.2) is 23.1 Å². The van der Waals surface area contributed by atoms with Crippen molar-refractivity contribution in [3.63, 3.8) is 0 Å². The van der Waals surface area contributed by atoms with E-state index in [-0.39, 0.29) is 15.6 Å². The molecule has 0 unspecified atom stereocenters. The maximum absolute atomic E-state index is 12.3. The molecule has 0 aliphatic rings. The quantitative estimate of drug-likeness (QED) is 0.835. The van der Waals surface area contributed by atoms with Gasteiger partial charge in [-0.3, -0.25) is 4.72 Å². The van der Waals surface area contributed by atoms with Crippen LogP contribution >= 0.6 is 11.3 Å². The lowest BCUT2D eigenvalue weighted by molar-refractivity contribution is 0.0599. The molecule has 0 amide bonds. The minimum absolute atomic E-state index is 0.0354. The van der Waals surface area contributed by atoms with E-state index in [2.05, 4.69) is 19.7 Å². The summed E-state index contributed by atoms with van der Waals surface area (Å²) in [7, 11) is -2.59. The van der Waals surface area contributed by atoms with E-state index in [1.807, 2.05) is 6.92 Å². The lowest BCUT2D eigenvalue weighted by Gasteiger charge is -2.08. The second kappa shape index (κ2) is 6.41. The Hall–Kier alpha value is -2.00. The molecule has 0 radical (unpaired) electrons. The molecule has 0 aliphatic heterocycles. The first-order valence-electron chi connectivity index (χ1n) is 6.41. The second-order valence-corrected chi connectivity index (χ2v) is 7.17. The van der Waals surface area contributed by atoms with Crippen LogP contribution in [0.25, 0.3) is 0 Å². The fourth-order valence-corrected chi connectivity index (χ4v) is 3.65. The van der Waals surface area contributed by atoms with Crippen LogP contribution in [0.3, 0.4) is 0 Å². The number of anilines is 1. The Kier molecular flexibility index (Phi) is 4.77. The van der Waals surface area contributed by atoms with Crippen molar-refractivity contribution >= 4 is 32.5 Å². The van der Waals surface area contributed by atoms with Gasteiger partial charge in [0, 0.05) is 0 Å². The Bertz CT molecular complexity index is 799. The number of carbonyl (C=O) groups is 1. The largest absolute Gasteiger partial charge is 0.465 e. The summed E-state index contributed by atoms with van der Waals surface area (Å²) in [5.41, 5.74) is 0.840. The zero-order valence-corrected chi connectivity index (χ0v) is 13.9. The van der Waals surface area contributed by atoms with Crippen LogP contribution in [0.1, 0.15) is 27.9 Å². The van der Waals surface area contributed by atoms with E-state index in [0.29, 0.717) is 12.0 Å². The molecule has 1 aromatic carbocycles. The normalized spacial score (nSPS) is 11.2. The number of hydrogen-bond acceptors (Lipinski definition) is 7. The second-order valence-electron chi connectivity index (χ2n) is 4.43. The van der Waals surface area contributed by atoms with Crippen LogP contribution in [0.5, 0.6) is 0 Å². The number of nitrogens with one attached hydrogen (secondary N) is 1. The highest BCUT2D eigenvalue weighted by Crippen LogP contribution is 2.22. The molecule has 0 spiro atoms. The third-order valence-corrected chi connectivity index (χ3v) is 5.36. The SMILES string of the molecule is CCc1nnc(NS(=O)(=O)c2ccc(C)c(C(=O)OC)c2)s1. The molecule has 0 fully saturated rings. The molecule has 2 aromatic rings. The van der Waals surface area contributed by atoms with E-state index < -0.39 is 16.0 Å². The summed E-state index contributed by atoms with van der Waals surface area (Å²) in [4.78, 5) is 11.6. The first-order valence-corrected chi connectivity index (χ1v) is 8.71. The Morgan fingerprint density at radius 3 is 2.68 bits per heavy atom. The molecular weight excluding hydrogens is 326 g/mol. The molecule has 118 valence electrons. The van der Waals surface area contributed by atoms with E-state index >= 15 is 0 Å². The van der Waals surface area contributed by atoms with E-state index in [0.717, 1.165) is 5.01 Å². The predicted octanol–water partition coefficient (Wildman–Crippen LogP) is 2.00. The first-order chi connectivity index (χ1) is 10.4. The van der Waals surface area contributed by atoms with Gasteiger partial charge in [-0.1, -0.05) is 24.3 Å². The van der Waals surface area contributed by atoms with Crippen LogP contribution < -0.4 is 4.72 Å². The summed E-state index contributed by atoms with van der Waals surface area (Å²) >= 11 is 1.17. The lowest BCUT2D eigenvalue weighted by atomic mass is 10.1.